The summed E-state index contributed by atoms with van der Waals surface area (Å²) in [7, 11) is 0. The molecule has 0 aromatic heterocycles. The molecule has 0 heterocycles. The molecule has 0 saturated carbocycles. The van der Waals surface area contributed by atoms with Crippen LogP contribution in [0.2, 0.25) is 0 Å². The van der Waals surface area contributed by atoms with Crippen LogP contribution >= 0.6 is 0 Å². The molecular formula is C18H31NO3. The molecule has 0 radical (unpaired) electrons. The quantitative estimate of drug-likeness (QED) is 0.697. The lowest BCUT2D eigenvalue weighted by Gasteiger charge is -2.17. The van der Waals surface area contributed by atoms with E-state index in [1.165, 1.54) is 0 Å². The Balaban J connectivity index is 2.87. The molecular weight excluding hydrogens is 278 g/mol. The van der Waals surface area contributed by atoms with Gasteiger partial charge < -0.3 is 20.3 Å². The highest BCUT2D eigenvalue weighted by Crippen LogP contribution is 2.30. The average Bonchev–Trinajstić information content (AvgIpc) is 2.49. The maximum absolute atomic E-state index is 9.30. The van der Waals surface area contributed by atoms with Crippen LogP contribution in [0.5, 0.6) is 11.5 Å². The van der Waals surface area contributed by atoms with Gasteiger partial charge in [0.15, 0.2) is 11.5 Å². The largest absolute Gasteiger partial charge is 0.489 e. The lowest BCUT2D eigenvalue weighted by molar-refractivity contribution is 0.225. The molecule has 1 atom stereocenters. The van der Waals surface area contributed by atoms with E-state index in [0.29, 0.717) is 31.6 Å². The van der Waals surface area contributed by atoms with Crippen LogP contribution in [-0.4, -0.2) is 31.5 Å². The predicted octanol–water partition coefficient (Wildman–Crippen LogP) is 2.87. The van der Waals surface area contributed by atoms with Crippen LogP contribution in [0.1, 0.15) is 33.3 Å². The summed E-state index contributed by atoms with van der Waals surface area (Å²) in [6.07, 6.45) is 0.746. The predicted molar refractivity (Wildman–Crippen MR) is 90.4 cm³/mol. The minimum absolute atomic E-state index is 0.0837. The minimum atomic E-state index is 0.0837. The van der Waals surface area contributed by atoms with E-state index in [1.807, 2.05) is 18.2 Å². The maximum Gasteiger partial charge on any atom is 0.161 e. The van der Waals surface area contributed by atoms with Crippen molar-refractivity contribution in [3.8, 4) is 11.5 Å². The Bertz CT molecular complexity index is 428. The fourth-order valence-electron chi connectivity index (χ4n) is 1.98. The summed E-state index contributed by atoms with van der Waals surface area (Å²) in [6.45, 7) is 10.4. The van der Waals surface area contributed by atoms with Crippen molar-refractivity contribution < 1.29 is 14.6 Å². The van der Waals surface area contributed by atoms with Gasteiger partial charge in [-0.25, -0.2) is 0 Å². The number of aliphatic hydroxyl groups excluding tert-OH is 1. The third-order valence-corrected chi connectivity index (χ3v) is 3.27. The number of nitrogens with two attached hydrogens (primary N) is 1. The first-order valence-corrected chi connectivity index (χ1v) is 8.15. The van der Waals surface area contributed by atoms with Crippen LogP contribution in [0.15, 0.2) is 18.2 Å². The zero-order chi connectivity index (χ0) is 16.5. The van der Waals surface area contributed by atoms with Gasteiger partial charge in [0.25, 0.3) is 0 Å². The molecule has 1 aromatic rings. The van der Waals surface area contributed by atoms with Gasteiger partial charge in [-0.15, -0.1) is 0 Å². The topological polar surface area (TPSA) is 64.7 Å². The van der Waals surface area contributed by atoms with Crippen LogP contribution in [0, 0.1) is 17.8 Å². The Hall–Kier alpha value is -1.26. The van der Waals surface area contributed by atoms with Crippen molar-refractivity contribution in [2.24, 2.45) is 23.5 Å². The maximum atomic E-state index is 9.30. The Morgan fingerprint density at radius 3 is 2.09 bits per heavy atom. The minimum Gasteiger partial charge on any atom is -0.489 e. The summed E-state index contributed by atoms with van der Waals surface area (Å²) in [6, 6.07) is 5.99. The van der Waals surface area contributed by atoms with E-state index in [4.69, 9.17) is 15.2 Å². The first kappa shape index (κ1) is 18.8. The van der Waals surface area contributed by atoms with E-state index in [9.17, 15) is 5.11 Å². The molecule has 126 valence electrons. The summed E-state index contributed by atoms with van der Waals surface area (Å²) in [5.41, 5.74) is 6.77. The monoisotopic (exact) mass is 309 g/mol. The Kier molecular flexibility index (Phi) is 8.28. The number of hydrogen-bond acceptors (Lipinski definition) is 4. The summed E-state index contributed by atoms with van der Waals surface area (Å²) < 4.78 is 11.7. The highest BCUT2D eigenvalue weighted by Gasteiger charge is 2.12. The van der Waals surface area contributed by atoms with Crippen molar-refractivity contribution in [1.29, 1.82) is 0 Å². The highest BCUT2D eigenvalue weighted by atomic mass is 16.5. The van der Waals surface area contributed by atoms with Crippen LogP contribution in [0.4, 0.5) is 0 Å². The average molecular weight is 309 g/mol. The lowest BCUT2D eigenvalue weighted by Crippen LogP contribution is -2.20. The van der Waals surface area contributed by atoms with Crippen molar-refractivity contribution in [3.05, 3.63) is 23.8 Å². The van der Waals surface area contributed by atoms with E-state index >= 15 is 0 Å². The SMILES string of the molecule is CC(C)COc1ccc(CC(CN)CO)cc1OCC(C)C. The van der Waals surface area contributed by atoms with E-state index in [2.05, 4.69) is 27.7 Å². The first-order chi connectivity index (χ1) is 10.5. The second-order valence-corrected chi connectivity index (χ2v) is 6.68. The summed E-state index contributed by atoms with van der Waals surface area (Å²) >= 11 is 0. The van der Waals surface area contributed by atoms with Gasteiger partial charge in [0.2, 0.25) is 0 Å². The molecule has 0 fully saturated rings. The molecule has 0 amide bonds. The van der Waals surface area contributed by atoms with E-state index in [0.717, 1.165) is 23.5 Å². The van der Waals surface area contributed by atoms with E-state index in [1.54, 1.807) is 0 Å². The van der Waals surface area contributed by atoms with Crippen LogP contribution in [0.25, 0.3) is 0 Å². The van der Waals surface area contributed by atoms with E-state index < -0.39 is 0 Å². The van der Waals surface area contributed by atoms with Crippen molar-refractivity contribution >= 4 is 0 Å². The van der Waals surface area contributed by atoms with Crippen molar-refractivity contribution in [2.45, 2.75) is 34.1 Å². The molecule has 0 aliphatic rings. The number of rotatable bonds is 10. The summed E-state index contributed by atoms with van der Waals surface area (Å²) in [4.78, 5) is 0. The van der Waals surface area contributed by atoms with Gasteiger partial charge in [-0.2, -0.15) is 0 Å². The lowest BCUT2D eigenvalue weighted by atomic mass is 10.00. The molecule has 4 heteroatoms. The fraction of sp³-hybridized carbons (Fsp3) is 0.667. The number of aliphatic hydroxyl groups is 1. The second kappa shape index (κ2) is 9.70. The van der Waals surface area contributed by atoms with Crippen LogP contribution < -0.4 is 15.2 Å². The van der Waals surface area contributed by atoms with Crippen molar-refractivity contribution in [1.82, 2.24) is 0 Å². The zero-order valence-corrected chi connectivity index (χ0v) is 14.3. The van der Waals surface area contributed by atoms with Gasteiger partial charge in [-0.3, -0.25) is 0 Å². The Morgan fingerprint density at radius 1 is 1.00 bits per heavy atom. The number of ether oxygens (including phenoxy) is 2. The molecule has 0 spiro atoms. The van der Waals surface area contributed by atoms with Gasteiger partial charge >= 0.3 is 0 Å². The standard InChI is InChI=1S/C18H31NO3/c1-13(2)11-21-17-6-5-15(7-16(9-19)10-20)8-18(17)22-12-14(3)4/h5-6,8,13-14,16,20H,7,9-12,19H2,1-4H3. The van der Waals surface area contributed by atoms with E-state index in [-0.39, 0.29) is 12.5 Å². The molecule has 0 saturated heterocycles. The number of benzene rings is 1. The molecule has 0 bridgehead atoms. The third-order valence-electron chi connectivity index (χ3n) is 3.27. The summed E-state index contributed by atoms with van der Waals surface area (Å²) in [5.74, 6) is 2.57. The fourth-order valence-corrected chi connectivity index (χ4v) is 1.98. The summed E-state index contributed by atoms with van der Waals surface area (Å²) in [5, 5.41) is 9.30. The van der Waals surface area contributed by atoms with Crippen molar-refractivity contribution in [2.75, 3.05) is 26.4 Å². The molecule has 1 rings (SSSR count). The molecule has 0 aliphatic heterocycles. The normalized spacial score (nSPS) is 12.7. The molecule has 3 N–H and O–H groups in total. The van der Waals surface area contributed by atoms with Gasteiger partial charge in [0, 0.05) is 6.61 Å². The molecule has 1 unspecified atom stereocenters. The van der Waals surface area contributed by atoms with Gasteiger partial charge in [-0.1, -0.05) is 33.8 Å². The van der Waals surface area contributed by atoms with Gasteiger partial charge in [0.1, 0.15) is 0 Å². The third kappa shape index (κ3) is 6.67. The van der Waals surface area contributed by atoms with Crippen LogP contribution in [-0.2, 0) is 6.42 Å². The number of hydrogen-bond donors (Lipinski definition) is 2. The smallest absolute Gasteiger partial charge is 0.161 e. The molecule has 22 heavy (non-hydrogen) atoms. The zero-order valence-electron chi connectivity index (χ0n) is 14.3. The van der Waals surface area contributed by atoms with Gasteiger partial charge in [-0.05, 0) is 48.4 Å². The first-order valence-electron chi connectivity index (χ1n) is 8.15. The molecule has 4 nitrogen and oxygen atoms in total. The molecule has 0 aliphatic carbocycles. The van der Waals surface area contributed by atoms with Crippen LogP contribution in [0.3, 0.4) is 0 Å². The van der Waals surface area contributed by atoms with Crippen molar-refractivity contribution in [3.63, 3.8) is 0 Å². The Morgan fingerprint density at radius 2 is 1.59 bits per heavy atom. The second-order valence-electron chi connectivity index (χ2n) is 6.68. The van der Waals surface area contributed by atoms with Gasteiger partial charge in [0.05, 0.1) is 13.2 Å². The Labute approximate surface area is 134 Å². The highest BCUT2D eigenvalue weighted by molar-refractivity contribution is 5.43. The molecule has 1 aromatic carbocycles.